The predicted octanol–water partition coefficient (Wildman–Crippen LogP) is 2.82. The molecule has 15 heavy (non-hydrogen) atoms. The molecule has 0 unspecified atom stereocenters. The third kappa shape index (κ3) is 1.93. The van der Waals surface area contributed by atoms with Gasteiger partial charge in [0.25, 0.3) is 0 Å². The molecule has 2 heteroatoms. The van der Waals surface area contributed by atoms with Crippen molar-refractivity contribution in [2.75, 3.05) is 18.8 Å². The molecule has 2 heterocycles. The first-order valence-corrected chi connectivity index (χ1v) is 6.81. The molecule has 2 aliphatic heterocycles. The van der Waals surface area contributed by atoms with Crippen LogP contribution in [0.4, 0.5) is 0 Å². The molecule has 1 fully saturated rings. The van der Waals surface area contributed by atoms with Crippen molar-refractivity contribution in [3.8, 4) is 0 Å². The smallest absolute Gasteiger partial charge is 0.0139 e. The molecule has 0 saturated carbocycles. The summed E-state index contributed by atoms with van der Waals surface area (Å²) in [5.41, 5.74) is 3.14. The Bertz CT molecular complexity index is 356. The van der Waals surface area contributed by atoms with E-state index < -0.39 is 0 Å². The van der Waals surface area contributed by atoms with Crippen molar-refractivity contribution in [1.82, 2.24) is 5.32 Å². The van der Waals surface area contributed by atoms with Gasteiger partial charge in [-0.1, -0.05) is 12.1 Å². The summed E-state index contributed by atoms with van der Waals surface area (Å²) in [6, 6.07) is 7.12. The molecule has 1 saturated heterocycles. The van der Waals surface area contributed by atoms with E-state index >= 15 is 0 Å². The number of benzene rings is 1. The zero-order chi connectivity index (χ0) is 10.1. The van der Waals surface area contributed by atoms with E-state index in [1.807, 2.05) is 11.8 Å². The molecular weight excluding hydrogens is 202 g/mol. The maximum Gasteiger partial charge on any atom is 0.0139 e. The van der Waals surface area contributed by atoms with Crippen LogP contribution < -0.4 is 5.32 Å². The van der Waals surface area contributed by atoms with Gasteiger partial charge in [0.1, 0.15) is 0 Å². The fourth-order valence-corrected chi connectivity index (χ4v) is 3.60. The highest BCUT2D eigenvalue weighted by molar-refractivity contribution is 7.99. The minimum atomic E-state index is 0.776. The summed E-state index contributed by atoms with van der Waals surface area (Å²) in [5.74, 6) is 2.05. The Labute approximate surface area is 95.6 Å². The Morgan fingerprint density at radius 2 is 2.07 bits per heavy atom. The zero-order valence-corrected chi connectivity index (χ0v) is 9.72. The molecule has 0 N–H and O–H groups in total. The highest BCUT2D eigenvalue weighted by Gasteiger charge is 2.18. The second kappa shape index (κ2) is 4.18. The monoisotopic (exact) mass is 218 g/mol. The van der Waals surface area contributed by atoms with E-state index in [9.17, 15) is 0 Å². The maximum atomic E-state index is 4.42. The minimum Gasteiger partial charge on any atom is -0.242 e. The lowest BCUT2D eigenvalue weighted by molar-refractivity contribution is 0.453. The van der Waals surface area contributed by atoms with Gasteiger partial charge >= 0.3 is 0 Å². The lowest BCUT2D eigenvalue weighted by atomic mass is 9.89. The van der Waals surface area contributed by atoms with Gasteiger partial charge in [-0.3, -0.25) is 0 Å². The van der Waals surface area contributed by atoms with Gasteiger partial charge in [0.15, 0.2) is 0 Å². The Hall–Kier alpha value is -0.470. The first-order valence-electron chi connectivity index (χ1n) is 5.82. The van der Waals surface area contributed by atoms with Crippen molar-refractivity contribution in [2.24, 2.45) is 0 Å². The number of nitrogens with zero attached hydrogens (tertiary/aromatic N) is 1. The molecule has 1 radical (unpaired) electrons. The van der Waals surface area contributed by atoms with Crippen LogP contribution in [-0.4, -0.2) is 18.8 Å². The molecule has 2 aliphatic rings. The minimum absolute atomic E-state index is 0.776. The third-order valence-electron chi connectivity index (χ3n) is 3.46. The molecular formula is C13H16NS. The van der Waals surface area contributed by atoms with Crippen LogP contribution in [0.15, 0.2) is 23.1 Å². The second-order valence-electron chi connectivity index (χ2n) is 4.41. The second-order valence-corrected chi connectivity index (χ2v) is 5.55. The Morgan fingerprint density at radius 1 is 1.20 bits per heavy atom. The van der Waals surface area contributed by atoms with E-state index in [2.05, 4.69) is 23.5 Å². The van der Waals surface area contributed by atoms with Crippen LogP contribution in [0.2, 0.25) is 0 Å². The summed E-state index contributed by atoms with van der Waals surface area (Å²) in [5, 5.41) is 4.42. The highest BCUT2D eigenvalue weighted by Crippen LogP contribution is 2.35. The van der Waals surface area contributed by atoms with Crippen LogP contribution in [-0.2, 0) is 6.42 Å². The standard InChI is InChI=1S/C13H16NS/c1-2-13-12(5-8-15-13)9-11(1)10-3-6-14-7-4-10/h1-2,9-10H,3-8H2. The fourth-order valence-electron chi connectivity index (χ4n) is 2.54. The molecule has 0 bridgehead atoms. The first kappa shape index (κ1) is 9.73. The van der Waals surface area contributed by atoms with Crippen molar-refractivity contribution in [1.29, 1.82) is 0 Å². The first-order chi connectivity index (χ1) is 7.43. The van der Waals surface area contributed by atoms with E-state index in [1.165, 1.54) is 29.9 Å². The van der Waals surface area contributed by atoms with Crippen LogP contribution >= 0.6 is 11.8 Å². The summed E-state index contributed by atoms with van der Waals surface area (Å²) >= 11 is 2.00. The van der Waals surface area contributed by atoms with Crippen molar-refractivity contribution in [3.05, 3.63) is 29.3 Å². The molecule has 0 aliphatic carbocycles. The third-order valence-corrected chi connectivity index (χ3v) is 4.57. The summed E-state index contributed by atoms with van der Waals surface area (Å²) in [4.78, 5) is 1.51. The van der Waals surface area contributed by atoms with Gasteiger partial charge in [0.2, 0.25) is 0 Å². The summed E-state index contributed by atoms with van der Waals surface area (Å²) in [6.45, 7) is 2.13. The van der Waals surface area contributed by atoms with Crippen molar-refractivity contribution in [3.63, 3.8) is 0 Å². The zero-order valence-electron chi connectivity index (χ0n) is 8.91. The Kier molecular flexibility index (Phi) is 2.72. The molecule has 1 aromatic rings. The van der Waals surface area contributed by atoms with Gasteiger partial charge in [-0.25, -0.2) is 5.32 Å². The van der Waals surface area contributed by atoms with Gasteiger partial charge in [0, 0.05) is 23.7 Å². The molecule has 0 spiro atoms. The van der Waals surface area contributed by atoms with Crippen LogP contribution in [0.25, 0.3) is 0 Å². The highest BCUT2D eigenvalue weighted by atomic mass is 32.2. The predicted molar refractivity (Wildman–Crippen MR) is 64.7 cm³/mol. The number of hydrogen-bond donors (Lipinski definition) is 0. The van der Waals surface area contributed by atoms with Crippen LogP contribution in [0.3, 0.4) is 0 Å². The van der Waals surface area contributed by atoms with E-state index in [-0.39, 0.29) is 0 Å². The maximum absolute atomic E-state index is 4.42. The molecule has 1 aromatic carbocycles. The Morgan fingerprint density at radius 3 is 2.93 bits per heavy atom. The van der Waals surface area contributed by atoms with Crippen molar-refractivity contribution >= 4 is 11.8 Å². The largest absolute Gasteiger partial charge is 0.242 e. The summed E-state index contributed by atoms with van der Waals surface area (Å²) in [6.07, 6.45) is 3.78. The van der Waals surface area contributed by atoms with Crippen LogP contribution in [0.1, 0.15) is 29.9 Å². The number of fused-ring (bicyclic) bond motifs is 1. The number of rotatable bonds is 1. The molecule has 79 valence electrons. The number of piperidine rings is 1. The van der Waals surface area contributed by atoms with Gasteiger partial charge in [0.05, 0.1) is 0 Å². The van der Waals surface area contributed by atoms with Gasteiger partial charge in [-0.15, -0.1) is 11.8 Å². The quantitative estimate of drug-likeness (QED) is 0.707. The number of hydrogen-bond acceptors (Lipinski definition) is 1. The summed E-state index contributed by atoms with van der Waals surface area (Å²) in [7, 11) is 0. The fraction of sp³-hybridized carbons (Fsp3) is 0.538. The number of thioether (sulfide) groups is 1. The SMILES string of the molecule is c1cc2c(cc1C1CC[N]CC1)CCS2. The molecule has 0 atom stereocenters. The lowest BCUT2D eigenvalue weighted by Crippen LogP contribution is -2.21. The molecule has 0 amide bonds. The average Bonchev–Trinajstić information content (AvgIpc) is 2.77. The van der Waals surface area contributed by atoms with Gasteiger partial charge < -0.3 is 0 Å². The van der Waals surface area contributed by atoms with Crippen LogP contribution in [0, 0.1) is 0 Å². The van der Waals surface area contributed by atoms with Gasteiger partial charge in [-0.2, -0.15) is 0 Å². The summed E-state index contributed by atoms with van der Waals surface area (Å²) < 4.78 is 0. The van der Waals surface area contributed by atoms with E-state index in [1.54, 1.807) is 11.1 Å². The Balaban J connectivity index is 1.85. The van der Waals surface area contributed by atoms with Crippen molar-refractivity contribution < 1.29 is 0 Å². The number of aryl methyl sites for hydroxylation is 1. The van der Waals surface area contributed by atoms with E-state index in [4.69, 9.17) is 0 Å². The van der Waals surface area contributed by atoms with Gasteiger partial charge in [-0.05, 0) is 42.4 Å². The lowest BCUT2D eigenvalue weighted by Gasteiger charge is -2.22. The van der Waals surface area contributed by atoms with Crippen LogP contribution in [0.5, 0.6) is 0 Å². The molecule has 1 nitrogen and oxygen atoms in total. The molecule has 3 rings (SSSR count). The van der Waals surface area contributed by atoms with E-state index in [0.29, 0.717) is 0 Å². The van der Waals surface area contributed by atoms with E-state index in [0.717, 1.165) is 19.0 Å². The topological polar surface area (TPSA) is 14.1 Å². The average molecular weight is 218 g/mol. The normalized spacial score (nSPS) is 21.6. The van der Waals surface area contributed by atoms with Crippen molar-refractivity contribution in [2.45, 2.75) is 30.1 Å². The molecule has 0 aromatic heterocycles.